The van der Waals surface area contributed by atoms with Crippen molar-refractivity contribution in [1.29, 1.82) is 0 Å². The lowest BCUT2D eigenvalue weighted by atomic mass is 10.2. The molecule has 0 fully saturated rings. The minimum absolute atomic E-state index is 0.0760. The summed E-state index contributed by atoms with van der Waals surface area (Å²) >= 11 is 5.81. The highest BCUT2D eigenvalue weighted by Crippen LogP contribution is 2.24. The van der Waals surface area contributed by atoms with E-state index in [2.05, 4.69) is 5.32 Å². The van der Waals surface area contributed by atoms with Crippen molar-refractivity contribution in [2.75, 3.05) is 18.5 Å². The van der Waals surface area contributed by atoms with E-state index in [1.165, 1.54) is 18.2 Å². The van der Waals surface area contributed by atoms with Gasteiger partial charge in [-0.15, -0.1) is 0 Å². The van der Waals surface area contributed by atoms with Crippen molar-refractivity contribution in [2.45, 2.75) is 6.92 Å². The smallest absolute Gasteiger partial charge is 0.338 e. The van der Waals surface area contributed by atoms with Crippen LogP contribution in [-0.4, -0.2) is 25.1 Å². The topological polar surface area (TPSA) is 64.6 Å². The van der Waals surface area contributed by atoms with Crippen molar-refractivity contribution in [2.24, 2.45) is 0 Å². The molecule has 0 aliphatic carbocycles. The second-order valence-corrected chi connectivity index (χ2v) is 5.12. The molecule has 126 valence electrons. The molecule has 5 nitrogen and oxygen atoms in total. The Morgan fingerprint density at radius 2 is 2.00 bits per heavy atom. The number of rotatable bonds is 6. The summed E-state index contributed by atoms with van der Waals surface area (Å²) in [4.78, 5) is 23.6. The normalized spacial score (nSPS) is 10.1. The van der Waals surface area contributed by atoms with Crippen LogP contribution in [0.3, 0.4) is 0 Å². The molecule has 0 atom stereocenters. The summed E-state index contributed by atoms with van der Waals surface area (Å²) in [6.45, 7) is 1.66. The van der Waals surface area contributed by atoms with Crippen LogP contribution < -0.4 is 10.1 Å². The van der Waals surface area contributed by atoms with Crippen molar-refractivity contribution in [1.82, 2.24) is 0 Å². The molecule has 24 heavy (non-hydrogen) atoms. The fraction of sp³-hybridized carbons (Fsp3) is 0.176. The molecule has 0 saturated carbocycles. The zero-order chi connectivity index (χ0) is 17.5. The standard InChI is InChI=1S/C17H15ClFNO4/c1-2-23-17(22)11-4-3-5-13(8-11)20-16(21)10-24-15-7-6-12(19)9-14(15)18/h3-9H,2,10H2,1H3,(H,20,21). The summed E-state index contributed by atoms with van der Waals surface area (Å²) in [7, 11) is 0. The minimum Gasteiger partial charge on any atom is -0.482 e. The predicted octanol–water partition coefficient (Wildman–Crippen LogP) is 3.67. The van der Waals surface area contributed by atoms with Crippen LogP contribution in [0.1, 0.15) is 17.3 Å². The largest absolute Gasteiger partial charge is 0.482 e. The summed E-state index contributed by atoms with van der Waals surface area (Å²) in [6.07, 6.45) is 0. The average Bonchev–Trinajstić information content (AvgIpc) is 2.54. The van der Waals surface area contributed by atoms with Crippen molar-refractivity contribution >= 4 is 29.2 Å². The Hall–Kier alpha value is -2.60. The van der Waals surface area contributed by atoms with Crippen LogP contribution in [0.4, 0.5) is 10.1 Å². The molecule has 0 radical (unpaired) electrons. The van der Waals surface area contributed by atoms with Gasteiger partial charge in [0.2, 0.25) is 0 Å². The lowest BCUT2D eigenvalue weighted by Crippen LogP contribution is -2.20. The van der Waals surface area contributed by atoms with E-state index in [9.17, 15) is 14.0 Å². The van der Waals surface area contributed by atoms with Gasteiger partial charge in [0.15, 0.2) is 6.61 Å². The molecule has 0 bridgehead atoms. The Morgan fingerprint density at radius 1 is 1.21 bits per heavy atom. The molecule has 7 heteroatoms. The quantitative estimate of drug-likeness (QED) is 0.806. The molecule has 1 N–H and O–H groups in total. The van der Waals surface area contributed by atoms with Crippen molar-refractivity contribution < 1.29 is 23.5 Å². The zero-order valence-corrected chi connectivity index (χ0v) is 13.6. The van der Waals surface area contributed by atoms with Gasteiger partial charge in [-0.25, -0.2) is 9.18 Å². The van der Waals surface area contributed by atoms with Gasteiger partial charge in [-0.1, -0.05) is 17.7 Å². The van der Waals surface area contributed by atoms with Gasteiger partial charge in [-0.05, 0) is 43.3 Å². The Bertz CT molecular complexity index is 751. The first kappa shape index (κ1) is 17.7. The number of hydrogen-bond donors (Lipinski definition) is 1. The summed E-state index contributed by atoms with van der Waals surface area (Å²) < 4.78 is 23.1. The number of nitrogens with one attached hydrogen (secondary N) is 1. The second kappa shape index (κ2) is 8.31. The highest BCUT2D eigenvalue weighted by atomic mass is 35.5. The van der Waals surface area contributed by atoms with Crippen LogP contribution in [0.2, 0.25) is 5.02 Å². The van der Waals surface area contributed by atoms with Gasteiger partial charge in [0.25, 0.3) is 5.91 Å². The van der Waals surface area contributed by atoms with Gasteiger partial charge in [0.1, 0.15) is 11.6 Å². The molecule has 0 aromatic heterocycles. The lowest BCUT2D eigenvalue weighted by Gasteiger charge is -2.09. The number of benzene rings is 2. The molecule has 2 rings (SSSR count). The summed E-state index contributed by atoms with van der Waals surface area (Å²) in [6, 6.07) is 9.96. The van der Waals surface area contributed by atoms with Gasteiger partial charge in [0, 0.05) is 5.69 Å². The number of ether oxygens (including phenoxy) is 2. The number of halogens is 2. The summed E-state index contributed by atoms with van der Waals surface area (Å²) in [5, 5.41) is 2.67. The van der Waals surface area contributed by atoms with E-state index in [0.29, 0.717) is 11.3 Å². The van der Waals surface area contributed by atoms with Gasteiger partial charge >= 0.3 is 5.97 Å². The molecule has 0 aliphatic heterocycles. The maximum atomic E-state index is 12.9. The van der Waals surface area contributed by atoms with E-state index in [0.717, 1.165) is 6.07 Å². The van der Waals surface area contributed by atoms with Crippen molar-refractivity contribution in [3.63, 3.8) is 0 Å². The maximum Gasteiger partial charge on any atom is 0.338 e. The van der Waals surface area contributed by atoms with Crippen LogP contribution >= 0.6 is 11.6 Å². The fourth-order valence-electron chi connectivity index (χ4n) is 1.87. The number of carbonyl (C=O) groups is 2. The average molecular weight is 352 g/mol. The van der Waals surface area contributed by atoms with E-state index < -0.39 is 17.7 Å². The Balaban J connectivity index is 1.95. The molecule has 0 unspecified atom stereocenters. The third kappa shape index (κ3) is 4.96. The molecule has 2 aromatic rings. The Kier molecular flexibility index (Phi) is 6.14. The van der Waals surface area contributed by atoms with E-state index >= 15 is 0 Å². The van der Waals surface area contributed by atoms with E-state index in [1.54, 1.807) is 25.1 Å². The zero-order valence-electron chi connectivity index (χ0n) is 12.8. The van der Waals surface area contributed by atoms with Crippen LogP contribution in [-0.2, 0) is 9.53 Å². The van der Waals surface area contributed by atoms with Gasteiger partial charge in [-0.2, -0.15) is 0 Å². The first-order valence-electron chi connectivity index (χ1n) is 7.14. The molecule has 0 spiro atoms. The fourth-order valence-corrected chi connectivity index (χ4v) is 2.09. The van der Waals surface area contributed by atoms with Gasteiger partial charge < -0.3 is 14.8 Å². The number of hydrogen-bond acceptors (Lipinski definition) is 4. The molecular formula is C17H15ClFNO4. The van der Waals surface area contributed by atoms with E-state index in [1.807, 2.05) is 0 Å². The van der Waals surface area contributed by atoms with Gasteiger partial charge in [-0.3, -0.25) is 4.79 Å². The van der Waals surface area contributed by atoms with Gasteiger partial charge in [0.05, 0.1) is 17.2 Å². The molecule has 0 aliphatic rings. The molecule has 2 aromatic carbocycles. The predicted molar refractivity (Wildman–Crippen MR) is 87.9 cm³/mol. The number of amides is 1. The number of anilines is 1. The van der Waals surface area contributed by atoms with E-state index in [-0.39, 0.29) is 24.0 Å². The second-order valence-electron chi connectivity index (χ2n) is 4.71. The number of carbonyl (C=O) groups excluding carboxylic acids is 2. The van der Waals surface area contributed by atoms with Crippen molar-refractivity contribution in [3.05, 3.63) is 58.9 Å². The molecule has 0 saturated heterocycles. The monoisotopic (exact) mass is 351 g/mol. The summed E-state index contributed by atoms with van der Waals surface area (Å²) in [5.74, 6) is -1.21. The third-order valence-electron chi connectivity index (χ3n) is 2.91. The van der Waals surface area contributed by atoms with E-state index in [4.69, 9.17) is 21.1 Å². The first-order valence-corrected chi connectivity index (χ1v) is 7.52. The molecule has 0 heterocycles. The maximum absolute atomic E-state index is 12.9. The number of esters is 1. The van der Waals surface area contributed by atoms with Crippen LogP contribution in [0, 0.1) is 5.82 Å². The third-order valence-corrected chi connectivity index (χ3v) is 3.21. The molecular weight excluding hydrogens is 337 g/mol. The highest BCUT2D eigenvalue weighted by molar-refractivity contribution is 6.32. The summed E-state index contributed by atoms with van der Waals surface area (Å²) in [5.41, 5.74) is 0.761. The Labute approximate surface area is 143 Å². The lowest BCUT2D eigenvalue weighted by molar-refractivity contribution is -0.118. The Morgan fingerprint density at radius 3 is 2.71 bits per heavy atom. The van der Waals surface area contributed by atoms with Crippen LogP contribution in [0.15, 0.2) is 42.5 Å². The molecule has 1 amide bonds. The van der Waals surface area contributed by atoms with Crippen LogP contribution in [0.25, 0.3) is 0 Å². The highest BCUT2D eigenvalue weighted by Gasteiger charge is 2.10. The van der Waals surface area contributed by atoms with Crippen molar-refractivity contribution in [3.8, 4) is 5.75 Å². The minimum atomic E-state index is -0.493. The van der Waals surface area contributed by atoms with Crippen LogP contribution in [0.5, 0.6) is 5.75 Å². The SMILES string of the molecule is CCOC(=O)c1cccc(NC(=O)COc2ccc(F)cc2Cl)c1. The first-order chi connectivity index (χ1) is 11.5.